The minimum Gasteiger partial charge on any atom is -0.477 e. The van der Waals surface area contributed by atoms with Crippen molar-refractivity contribution in [1.82, 2.24) is 9.97 Å². The van der Waals surface area contributed by atoms with Crippen molar-refractivity contribution in [2.75, 3.05) is 5.73 Å². The molecule has 0 aliphatic rings. The Morgan fingerprint density at radius 1 is 1.32 bits per heavy atom. The van der Waals surface area contributed by atoms with Crippen molar-refractivity contribution < 1.29 is 14.3 Å². The topological polar surface area (TPSA) is 102 Å². The lowest BCUT2D eigenvalue weighted by atomic mass is 10.2. The molecule has 2 aromatic heterocycles. The highest BCUT2D eigenvalue weighted by Gasteiger charge is 2.14. The molecule has 0 saturated heterocycles. The highest BCUT2D eigenvalue weighted by Crippen LogP contribution is 2.26. The third-order valence-electron chi connectivity index (χ3n) is 2.69. The zero-order chi connectivity index (χ0) is 13.4. The van der Waals surface area contributed by atoms with Gasteiger partial charge >= 0.3 is 5.97 Å². The van der Waals surface area contributed by atoms with Crippen LogP contribution in [0.3, 0.4) is 0 Å². The minimum absolute atomic E-state index is 0.0852. The van der Waals surface area contributed by atoms with Gasteiger partial charge in [-0.05, 0) is 12.1 Å². The molecule has 6 nitrogen and oxygen atoms in total. The Hall–Kier alpha value is -2.89. The first-order chi connectivity index (χ1) is 9.15. The molecular formula is C13H9N3O3. The van der Waals surface area contributed by atoms with E-state index < -0.39 is 5.97 Å². The number of benzene rings is 1. The van der Waals surface area contributed by atoms with E-state index >= 15 is 0 Å². The van der Waals surface area contributed by atoms with Gasteiger partial charge in [0.15, 0.2) is 11.6 Å². The molecule has 0 fully saturated rings. The largest absolute Gasteiger partial charge is 0.477 e. The van der Waals surface area contributed by atoms with Crippen molar-refractivity contribution in [3.63, 3.8) is 0 Å². The summed E-state index contributed by atoms with van der Waals surface area (Å²) in [5.74, 6) is -0.532. The van der Waals surface area contributed by atoms with E-state index in [0.29, 0.717) is 11.3 Å². The number of carboxylic acids is 1. The predicted octanol–water partition coefficient (Wildman–Crippen LogP) is 2.17. The zero-order valence-electron chi connectivity index (χ0n) is 9.70. The number of carboxylic acid groups (broad SMARTS) is 1. The van der Waals surface area contributed by atoms with E-state index in [1.807, 2.05) is 24.3 Å². The fourth-order valence-electron chi connectivity index (χ4n) is 1.77. The second-order valence-electron chi connectivity index (χ2n) is 3.95. The van der Waals surface area contributed by atoms with Crippen LogP contribution in [0.5, 0.6) is 0 Å². The third kappa shape index (κ3) is 1.89. The molecule has 94 valence electrons. The van der Waals surface area contributed by atoms with Crippen LogP contribution in [-0.2, 0) is 0 Å². The average Bonchev–Trinajstić information content (AvgIpc) is 2.81. The summed E-state index contributed by atoms with van der Waals surface area (Å²) in [7, 11) is 0. The summed E-state index contributed by atoms with van der Waals surface area (Å²) in [4.78, 5) is 18.7. The van der Waals surface area contributed by atoms with Crippen LogP contribution in [0.4, 0.5) is 5.82 Å². The zero-order valence-corrected chi connectivity index (χ0v) is 9.70. The molecule has 19 heavy (non-hydrogen) atoms. The second kappa shape index (κ2) is 4.09. The monoisotopic (exact) mass is 255 g/mol. The predicted molar refractivity (Wildman–Crippen MR) is 68.6 cm³/mol. The van der Waals surface area contributed by atoms with E-state index in [-0.39, 0.29) is 17.2 Å². The number of hydrogen-bond donors (Lipinski definition) is 2. The van der Waals surface area contributed by atoms with Gasteiger partial charge in [0.25, 0.3) is 0 Å². The molecule has 3 aromatic rings. The van der Waals surface area contributed by atoms with E-state index in [1.165, 1.54) is 6.20 Å². The van der Waals surface area contributed by atoms with Gasteiger partial charge in [0, 0.05) is 11.6 Å². The molecule has 0 atom stereocenters. The van der Waals surface area contributed by atoms with Crippen LogP contribution >= 0.6 is 0 Å². The van der Waals surface area contributed by atoms with Gasteiger partial charge in [-0.3, -0.25) is 0 Å². The lowest BCUT2D eigenvalue weighted by Gasteiger charge is -2.00. The fourth-order valence-corrected chi connectivity index (χ4v) is 1.77. The Kier molecular flexibility index (Phi) is 2.42. The van der Waals surface area contributed by atoms with Gasteiger partial charge in [0.2, 0.25) is 0 Å². The van der Waals surface area contributed by atoms with Crippen molar-refractivity contribution in [3.8, 4) is 11.6 Å². The normalized spacial score (nSPS) is 10.7. The lowest BCUT2D eigenvalue weighted by Crippen LogP contribution is -2.06. The Morgan fingerprint density at radius 2 is 2.11 bits per heavy atom. The van der Waals surface area contributed by atoms with Gasteiger partial charge in [-0.15, -0.1) is 0 Å². The number of nitrogen functional groups attached to an aromatic ring is 1. The number of aromatic carboxylic acids is 1. The Morgan fingerprint density at radius 3 is 2.79 bits per heavy atom. The van der Waals surface area contributed by atoms with Crippen LogP contribution in [0.2, 0.25) is 0 Å². The van der Waals surface area contributed by atoms with E-state index in [9.17, 15) is 4.79 Å². The summed E-state index contributed by atoms with van der Waals surface area (Å²) in [6.45, 7) is 0. The van der Waals surface area contributed by atoms with Crippen LogP contribution in [0, 0.1) is 0 Å². The van der Waals surface area contributed by atoms with Crippen molar-refractivity contribution in [1.29, 1.82) is 0 Å². The number of nitrogens with two attached hydrogens (primary N) is 1. The van der Waals surface area contributed by atoms with Crippen molar-refractivity contribution in [3.05, 3.63) is 42.1 Å². The quantitative estimate of drug-likeness (QED) is 0.727. The number of rotatable bonds is 2. The number of anilines is 1. The molecular weight excluding hydrogens is 246 g/mol. The molecule has 1 aromatic carbocycles. The maximum atomic E-state index is 10.8. The molecule has 0 saturated carbocycles. The summed E-state index contributed by atoms with van der Waals surface area (Å²) in [5, 5.41) is 9.78. The average molecular weight is 255 g/mol. The lowest BCUT2D eigenvalue weighted by molar-refractivity contribution is 0.0697. The molecule has 0 spiro atoms. The summed E-state index contributed by atoms with van der Waals surface area (Å²) in [5.41, 5.74) is 6.17. The van der Waals surface area contributed by atoms with Crippen molar-refractivity contribution in [2.45, 2.75) is 0 Å². The molecule has 0 aliphatic heterocycles. The highest BCUT2D eigenvalue weighted by atomic mass is 16.4. The smallest absolute Gasteiger partial charge is 0.341 e. The molecule has 0 unspecified atom stereocenters. The summed E-state index contributed by atoms with van der Waals surface area (Å²) >= 11 is 0. The van der Waals surface area contributed by atoms with E-state index in [1.54, 1.807) is 6.07 Å². The number of aromatic nitrogens is 2. The molecule has 0 aliphatic carbocycles. The molecule has 0 radical (unpaired) electrons. The van der Waals surface area contributed by atoms with Crippen LogP contribution in [0.25, 0.3) is 22.6 Å². The van der Waals surface area contributed by atoms with Gasteiger partial charge in [0.1, 0.15) is 17.0 Å². The second-order valence-corrected chi connectivity index (χ2v) is 3.95. The standard InChI is InChI=1S/C13H9N3O3/c14-11-8(13(17)18)6-15-12(16-11)10-5-7-3-1-2-4-9(7)19-10/h1-6H,(H,17,18)(H2,14,15,16). The molecule has 0 bridgehead atoms. The van der Waals surface area contributed by atoms with E-state index in [4.69, 9.17) is 15.3 Å². The first-order valence-corrected chi connectivity index (χ1v) is 5.50. The maximum absolute atomic E-state index is 10.8. The molecule has 6 heteroatoms. The number of nitrogens with zero attached hydrogens (tertiary/aromatic N) is 2. The summed E-state index contributed by atoms with van der Waals surface area (Å²) < 4.78 is 5.58. The number of hydrogen-bond acceptors (Lipinski definition) is 5. The Bertz CT molecular complexity index is 747. The molecule has 3 rings (SSSR count). The summed E-state index contributed by atoms with van der Waals surface area (Å²) in [6, 6.07) is 9.26. The van der Waals surface area contributed by atoms with Gasteiger partial charge in [0.05, 0.1) is 0 Å². The van der Waals surface area contributed by atoms with E-state index in [0.717, 1.165) is 5.39 Å². The van der Waals surface area contributed by atoms with E-state index in [2.05, 4.69) is 9.97 Å². The van der Waals surface area contributed by atoms with Gasteiger partial charge in [-0.25, -0.2) is 14.8 Å². The van der Waals surface area contributed by atoms with Crippen molar-refractivity contribution in [2.24, 2.45) is 0 Å². The molecule has 0 amide bonds. The first kappa shape index (κ1) is 11.2. The molecule has 3 N–H and O–H groups in total. The number of para-hydroxylation sites is 1. The van der Waals surface area contributed by atoms with Crippen LogP contribution in [0.15, 0.2) is 40.9 Å². The van der Waals surface area contributed by atoms with Crippen LogP contribution in [0.1, 0.15) is 10.4 Å². The van der Waals surface area contributed by atoms with Gasteiger partial charge in [-0.2, -0.15) is 0 Å². The molecule has 2 heterocycles. The Balaban J connectivity index is 2.11. The fraction of sp³-hybridized carbons (Fsp3) is 0. The van der Waals surface area contributed by atoms with Crippen LogP contribution in [-0.4, -0.2) is 21.0 Å². The highest BCUT2D eigenvalue weighted by molar-refractivity contribution is 5.92. The number of carbonyl (C=O) groups is 1. The van der Waals surface area contributed by atoms with Crippen molar-refractivity contribution >= 4 is 22.8 Å². The third-order valence-corrected chi connectivity index (χ3v) is 2.69. The number of fused-ring (bicyclic) bond motifs is 1. The van der Waals surface area contributed by atoms with Gasteiger partial charge < -0.3 is 15.3 Å². The van der Waals surface area contributed by atoms with Crippen LogP contribution < -0.4 is 5.73 Å². The minimum atomic E-state index is -1.16. The summed E-state index contributed by atoms with van der Waals surface area (Å²) in [6.07, 6.45) is 1.17. The van der Waals surface area contributed by atoms with Gasteiger partial charge in [-0.1, -0.05) is 18.2 Å². The first-order valence-electron chi connectivity index (χ1n) is 5.50. The SMILES string of the molecule is Nc1nc(-c2cc3ccccc3o2)ncc1C(=O)O. The maximum Gasteiger partial charge on any atom is 0.341 e. The number of furan rings is 1. The Labute approximate surface area is 107 Å².